The Morgan fingerprint density at radius 3 is 2.38 bits per heavy atom. The topological polar surface area (TPSA) is 45.0 Å². The summed E-state index contributed by atoms with van der Waals surface area (Å²) in [5, 5.41) is 0. The summed E-state index contributed by atoms with van der Waals surface area (Å²) in [7, 11) is 2.11. The summed E-state index contributed by atoms with van der Waals surface area (Å²) in [4.78, 5) is 5.34. The molecule has 0 aliphatic heterocycles. The van der Waals surface area contributed by atoms with E-state index >= 15 is 0 Å². The number of hydrogen-bond acceptors (Lipinski definition) is 2. The van der Waals surface area contributed by atoms with Crippen LogP contribution >= 0.6 is 0 Å². The summed E-state index contributed by atoms with van der Waals surface area (Å²) >= 11 is 0. The standard InChI is InChI=1S/C13H17N3/c1-16(10-12-6-7-15-8-12)9-11-2-4-13(14)5-3-11/h2-8,15H,9-10,14H2,1H3. The van der Waals surface area contributed by atoms with Crippen molar-refractivity contribution < 1.29 is 0 Å². The maximum absolute atomic E-state index is 5.65. The smallest absolute Gasteiger partial charge is 0.0314 e. The Bertz CT molecular complexity index is 417. The summed E-state index contributed by atoms with van der Waals surface area (Å²) in [6.07, 6.45) is 3.98. The first-order valence-electron chi connectivity index (χ1n) is 5.38. The maximum atomic E-state index is 5.65. The van der Waals surface area contributed by atoms with Crippen LogP contribution in [0.1, 0.15) is 11.1 Å². The predicted molar refractivity (Wildman–Crippen MR) is 66.8 cm³/mol. The van der Waals surface area contributed by atoms with Crippen molar-refractivity contribution in [2.45, 2.75) is 13.1 Å². The molecule has 3 N–H and O–H groups in total. The second kappa shape index (κ2) is 4.86. The third-order valence-corrected chi connectivity index (χ3v) is 2.55. The van der Waals surface area contributed by atoms with Gasteiger partial charge in [0, 0.05) is 31.2 Å². The SMILES string of the molecule is CN(Cc1ccc(N)cc1)Cc1cc[nH]c1. The van der Waals surface area contributed by atoms with E-state index in [0.717, 1.165) is 18.8 Å². The third-order valence-electron chi connectivity index (χ3n) is 2.55. The molecule has 0 aliphatic carbocycles. The van der Waals surface area contributed by atoms with E-state index in [0.29, 0.717) is 0 Å². The van der Waals surface area contributed by atoms with Gasteiger partial charge in [0.05, 0.1) is 0 Å². The molecule has 0 bridgehead atoms. The van der Waals surface area contributed by atoms with E-state index in [2.05, 4.69) is 35.1 Å². The first-order chi connectivity index (χ1) is 7.74. The molecular weight excluding hydrogens is 198 g/mol. The van der Waals surface area contributed by atoms with Crippen molar-refractivity contribution in [3.63, 3.8) is 0 Å². The van der Waals surface area contributed by atoms with E-state index in [9.17, 15) is 0 Å². The largest absolute Gasteiger partial charge is 0.399 e. The van der Waals surface area contributed by atoms with E-state index in [1.54, 1.807) is 0 Å². The number of aromatic nitrogens is 1. The number of nitrogens with two attached hydrogens (primary N) is 1. The Morgan fingerprint density at radius 1 is 1.06 bits per heavy atom. The van der Waals surface area contributed by atoms with E-state index in [1.807, 2.05) is 24.5 Å². The van der Waals surface area contributed by atoms with Crippen LogP contribution in [0.3, 0.4) is 0 Å². The number of rotatable bonds is 4. The molecule has 1 heterocycles. The zero-order valence-electron chi connectivity index (χ0n) is 9.48. The molecule has 0 spiro atoms. The van der Waals surface area contributed by atoms with Crippen molar-refractivity contribution in [2.75, 3.05) is 12.8 Å². The minimum absolute atomic E-state index is 0.817. The average molecular weight is 215 g/mol. The maximum Gasteiger partial charge on any atom is 0.0314 e. The average Bonchev–Trinajstić information content (AvgIpc) is 2.74. The lowest BCUT2D eigenvalue weighted by molar-refractivity contribution is 0.319. The highest BCUT2D eigenvalue weighted by Gasteiger charge is 2.01. The number of nitrogen functional groups attached to an aromatic ring is 1. The summed E-state index contributed by atoms with van der Waals surface area (Å²) in [5.74, 6) is 0. The number of nitrogens with zero attached hydrogens (tertiary/aromatic N) is 1. The molecule has 0 amide bonds. The van der Waals surface area contributed by atoms with Gasteiger partial charge in [-0.2, -0.15) is 0 Å². The number of aromatic amines is 1. The number of anilines is 1. The van der Waals surface area contributed by atoms with Crippen LogP contribution in [0.15, 0.2) is 42.7 Å². The molecule has 0 fully saturated rings. The van der Waals surface area contributed by atoms with Crippen LogP contribution in [-0.4, -0.2) is 16.9 Å². The highest BCUT2D eigenvalue weighted by Crippen LogP contribution is 2.09. The van der Waals surface area contributed by atoms with Gasteiger partial charge in [-0.25, -0.2) is 0 Å². The molecule has 0 aliphatic rings. The summed E-state index contributed by atoms with van der Waals surface area (Å²) in [6, 6.07) is 10.1. The first-order valence-corrected chi connectivity index (χ1v) is 5.38. The summed E-state index contributed by atoms with van der Waals surface area (Å²) in [5.41, 5.74) is 9.05. The van der Waals surface area contributed by atoms with Crippen LogP contribution in [0, 0.1) is 0 Å². The molecule has 2 rings (SSSR count). The van der Waals surface area contributed by atoms with E-state index in [1.165, 1.54) is 11.1 Å². The van der Waals surface area contributed by atoms with E-state index < -0.39 is 0 Å². The quantitative estimate of drug-likeness (QED) is 0.768. The number of H-pyrrole nitrogens is 1. The molecule has 1 aromatic heterocycles. The molecule has 0 atom stereocenters. The lowest BCUT2D eigenvalue weighted by Gasteiger charge is -2.15. The molecule has 3 nitrogen and oxygen atoms in total. The first kappa shape index (κ1) is 10.8. The second-order valence-electron chi connectivity index (χ2n) is 4.13. The lowest BCUT2D eigenvalue weighted by atomic mass is 10.2. The van der Waals surface area contributed by atoms with E-state index in [-0.39, 0.29) is 0 Å². The van der Waals surface area contributed by atoms with Gasteiger partial charge in [-0.3, -0.25) is 4.90 Å². The van der Waals surface area contributed by atoms with Gasteiger partial charge in [-0.15, -0.1) is 0 Å². The zero-order chi connectivity index (χ0) is 11.4. The van der Waals surface area contributed by atoms with Crippen LogP contribution in [0.25, 0.3) is 0 Å². The minimum atomic E-state index is 0.817. The van der Waals surface area contributed by atoms with Crippen molar-refractivity contribution in [1.82, 2.24) is 9.88 Å². The van der Waals surface area contributed by atoms with Gasteiger partial charge in [0.2, 0.25) is 0 Å². The van der Waals surface area contributed by atoms with Gasteiger partial charge in [0.1, 0.15) is 0 Å². The Labute approximate surface area is 95.9 Å². The van der Waals surface area contributed by atoms with Gasteiger partial charge in [-0.05, 0) is 36.4 Å². The normalized spacial score (nSPS) is 10.9. The van der Waals surface area contributed by atoms with Crippen molar-refractivity contribution in [1.29, 1.82) is 0 Å². The van der Waals surface area contributed by atoms with Gasteiger partial charge in [0.25, 0.3) is 0 Å². The highest BCUT2D eigenvalue weighted by molar-refractivity contribution is 5.39. The van der Waals surface area contributed by atoms with Crippen LogP contribution in [0.5, 0.6) is 0 Å². The Morgan fingerprint density at radius 2 is 1.75 bits per heavy atom. The van der Waals surface area contributed by atoms with Gasteiger partial charge in [0.15, 0.2) is 0 Å². The van der Waals surface area contributed by atoms with Crippen molar-refractivity contribution in [3.05, 3.63) is 53.9 Å². The molecule has 0 unspecified atom stereocenters. The highest BCUT2D eigenvalue weighted by atomic mass is 15.1. The molecule has 0 saturated heterocycles. The molecule has 1 aromatic carbocycles. The summed E-state index contributed by atoms with van der Waals surface area (Å²) < 4.78 is 0. The van der Waals surface area contributed by atoms with Gasteiger partial charge < -0.3 is 10.7 Å². The van der Waals surface area contributed by atoms with Crippen molar-refractivity contribution in [3.8, 4) is 0 Å². The van der Waals surface area contributed by atoms with Crippen LogP contribution in [0.2, 0.25) is 0 Å². The lowest BCUT2D eigenvalue weighted by Crippen LogP contribution is -2.16. The monoisotopic (exact) mass is 215 g/mol. The Balaban J connectivity index is 1.92. The molecule has 84 valence electrons. The Kier molecular flexibility index (Phi) is 3.27. The second-order valence-corrected chi connectivity index (χ2v) is 4.13. The van der Waals surface area contributed by atoms with Crippen molar-refractivity contribution >= 4 is 5.69 Å². The fourth-order valence-corrected chi connectivity index (χ4v) is 1.76. The molecule has 0 saturated carbocycles. The predicted octanol–water partition coefficient (Wildman–Crippen LogP) is 2.23. The van der Waals surface area contributed by atoms with Crippen LogP contribution in [0.4, 0.5) is 5.69 Å². The number of benzene rings is 1. The Hall–Kier alpha value is -1.74. The zero-order valence-corrected chi connectivity index (χ0v) is 9.48. The third kappa shape index (κ3) is 2.87. The van der Waals surface area contributed by atoms with Gasteiger partial charge in [-0.1, -0.05) is 12.1 Å². The minimum Gasteiger partial charge on any atom is -0.399 e. The van der Waals surface area contributed by atoms with Crippen molar-refractivity contribution in [2.24, 2.45) is 0 Å². The summed E-state index contributed by atoms with van der Waals surface area (Å²) in [6.45, 7) is 1.89. The fourth-order valence-electron chi connectivity index (χ4n) is 1.76. The van der Waals surface area contributed by atoms with Crippen LogP contribution in [-0.2, 0) is 13.1 Å². The molecule has 0 radical (unpaired) electrons. The van der Waals surface area contributed by atoms with Gasteiger partial charge >= 0.3 is 0 Å². The molecule has 2 aromatic rings. The number of nitrogens with one attached hydrogen (secondary N) is 1. The molecular formula is C13H17N3. The molecule has 16 heavy (non-hydrogen) atoms. The van der Waals surface area contributed by atoms with Crippen LogP contribution < -0.4 is 5.73 Å². The fraction of sp³-hybridized carbons (Fsp3) is 0.231. The van der Waals surface area contributed by atoms with E-state index in [4.69, 9.17) is 5.73 Å². The molecule has 3 heteroatoms. The number of hydrogen-bond donors (Lipinski definition) is 2.